The van der Waals surface area contributed by atoms with Crippen molar-refractivity contribution in [3.63, 3.8) is 0 Å². The van der Waals surface area contributed by atoms with E-state index >= 15 is 0 Å². The van der Waals surface area contributed by atoms with Crippen LogP contribution in [0.5, 0.6) is 0 Å². The molecule has 0 fully saturated rings. The molecule has 2 N–H and O–H groups in total. The molecule has 0 saturated carbocycles. The summed E-state index contributed by atoms with van der Waals surface area (Å²) in [6.07, 6.45) is -10.2. The first kappa shape index (κ1) is 56.9. The van der Waals surface area contributed by atoms with Gasteiger partial charge in [0.1, 0.15) is 0 Å². The second-order valence-electron chi connectivity index (χ2n) is 3.36. The van der Waals surface area contributed by atoms with Crippen molar-refractivity contribution in [2.24, 2.45) is 0 Å². The van der Waals surface area contributed by atoms with Crippen LogP contribution in [0.25, 0.3) is 0 Å². The van der Waals surface area contributed by atoms with Crippen molar-refractivity contribution in [1.29, 1.82) is 0 Å². The molecule has 0 saturated heterocycles. The molecule has 0 aliphatic carbocycles. The smallest absolute Gasteiger partial charge is 0.339 e. The Hall–Kier alpha value is -1.87. The summed E-state index contributed by atoms with van der Waals surface area (Å²) in [5.74, 6) is -0.299. The van der Waals surface area contributed by atoms with Gasteiger partial charge in [-0.3, -0.25) is 9.59 Å². The first-order valence-electron chi connectivity index (χ1n) is 6.24. The van der Waals surface area contributed by atoms with Gasteiger partial charge in [0.25, 0.3) is 0 Å². The first-order chi connectivity index (χ1) is 12.0. The highest BCUT2D eigenvalue weighted by molar-refractivity contribution is 5.75. The molecule has 0 atom stereocenters. The molecular formula is C15H35F11N2O3. The number of carbonyl (C=O) groups excluding carboxylic acids is 2. The normalized spacial score (nSPS) is 8.19. The molecule has 0 aromatic carbocycles. The summed E-state index contributed by atoms with van der Waals surface area (Å²) in [7, 11) is 0. The zero-order valence-electron chi connectivity index (χ0n) is 14.2. The Labute approximate surface area is 176 Å². The third-order valence-corrected chi connectivity index (χ3v) is 1.12. The molecule has 0 heterocycles. The quantitative estimate of drug-likeness (QED) is 0.328. The van der Waals surface area contributed by atoms with Gasteiger partial charge < -0.3 is 10.6 Å². The Balaban J connectivity index is -0.0000000283. The van der Waals surface area contributed by atoms with Gasteiger partial charge in [0, 0.05) is 20.3 Å². The molecular weight excluding hydrogens is 465 g/mol. The van der Waals surface area contributed by atoms with Crippen LogP contribution in [-0.2, 0) is 14.5 Å². The standard InChI is InChI=1S/C5H10N2O2.C3H5F3.CF4.CH2F2O.CH2F2.4CH4/c1-4(8)6-3-7-5(2)9;1-2-3(4,5)6;2-1(3,4)5;2-1-4-3;2-1-3;;;;/h3H2,1-2H3,(H,6,8)(H,7,9);2H2,1H3;;1H2;1H2;4*1H4. The van der Waals surface area contributed by atoms with Gasteiger partial charge in [0.05, 0.1) is 6.67 Å². The molecule has 0 aliphatic heterocycles. The zero-order chi connectivity index (χ0) is 23.1. The van der Waals surface area contributed by atoms with E-state index in [1.54, 1.807) is 0 Å². The Morgan fingerprint density at radius 1 is 0.774 bits per heavy atom. The van der Waals surface area contributed by atoms with Gasteiger partial charge in [0.15, 0.2) is 0 Å². The summed E-state index contributed by atoms with van der Waals surface area (Å²) in [6.45, 7) is 0.980. The van der Waals surface area contributed by atoms with Crippen LogP contribution in [0.3, 0.4) is 0 Å². The van der Waals surface area contributed by atoms with Crippen molar-refractivity contribution < 1.29 is 63.0 Å². The van der Waals surface area contributed by atoms with Gasteiger partial charge in [-0.15, -0.1) is 17.6 Å². The lowest BCUT2D eigenvalue weighted by Crippen LogP contribution is -2.34. The average Bonchev–Trinajstić information content (AvgIpc) is 2.46. The fourth-order valence-electron chi connectivity index (χ4n) is 0.293. The number of carbonyl (C=O) groups is 2. The van der Waals surface area contributed by atoms with Crippen LogP contribution in [0, 0.1) is 0 Å². The lowest BCUT2D eigenvalue weighted by Gasteiger charge is -2.00. The van der Waals surface area contributed by atoms with E-state index in [1.165, 1.54) is 13.8 Å². The molecule has 31 heavy (non-hydrogen) atoms. The minimum Gasteiger partial charge on any atom is -0.339 e. The van der Waals surface area contributed by atoms with E-state index in [4.69, 9.17) is 0 Å². The highest BCUT2D eigenvalue weighted by atomic mass is 19.5. The maximum atomic E-state index is 10.8. The molecule has 0 spiro atoms. The van der Waals surface area contributed by atoms with E-state index in [2.05, 4.69) is 15.6 Å². The minimum absolute atomic E-state index is 0. The van der Waals surface area contributed by atoms with E-state index in [0.29, 0.717) is 0 Å². The van der Waals surface area contributed by atoms with Crippen molar-refractivity contribution in [2.45, 2.75) is 69.5 Å². The van der Waals surface area contributed by atoms with Gasteiger partial charge in [-0.05, 0) is 4.53 Å². The summed E-state index contributed by atoms with van der Waals surface area (Å²) in [5.41, 5.74) is 0. The second kappa shape index (κ2) is 38.7. The number of hydrogen-bond donors (Lipinski definition) is 2. The molecule has 0 aromatic rings. The van der Waals surface area contributed by atoms with Crippen molar-refractivity contribution in [3.05, 3.63) is 0 Å². The maximum absolute atomic E-state index is 10.8. The number of hydrogen-bond acceptors (Lipinski definition) is 3. The number of rotatable bonds is 3. The average molecular weight is 500 g/mol. The molecule has 200 valence electrons. The lowest BCUT2D eigenvalue weighted by atomic mass is 10.5. The SMILES string of the molecule is C.C.C.C.CC(=O)NCNC(C)=O.CCC(F)(F)F.FC(F)(F)F.FCF.FCOF. The van der Waals surface area contributed by atoms with Crippen LogP contribution in [0.15, 0.2) is 0 Å². The van der Waals surface area contributed by atoms with Crippen molar-refractivity contribution >= 4 is 11.8 Å². The van der Waals surface area contributed by atoms with Crippen LogP contribution in [-0.4, -0.2) is 44.9 Å². The third kappa shape index (κ3) is 291. The molecule has 5 nitrogen and oxygen atoms in total. The highest BCUT2D eigenvalue weighted by Gasteiger charge is 2.24. The van der Waals surface area contributed by atoms with Crippen LogP contribution in [0.4, 0.5) is 48.4 Å². The first-order valence-corrected chi connectivity index (χ1v) is 6.24. The van der Waals surface area contributed by atoms with Crippen molar-refractivity contribution in [1.82, 2.24) is 10.6 Å². The Morgan fingerprint density at radius 2 is 0.935 bits per heavy atom. The second-order valence-corrected chi connectivity index (χ2v) is 3.36. The maximum Gasteiger partial charge on any atom is 0.559 e. The predicted molar refractivity (Wildman–Crippen MR) is 98.2 cm³/mol. The zero-order valence-corrected chi connectivity index (χ0v) is 14.2. The molecule has 0 bridgehead atoms. The number of alkyl halides is 10. The van der Waals surface area contributed by atoms with Crippen LogP contribution < -0.4 is 10.6 Å². The largest absolute Gasteiger partial charge is 0.559 e. The minimum atomic E-state index is -5.50. The Morgan fingerprint density at radius 3 is 1.00 bits per heavy atom. The predicted octanol–water partition coefficient (Wildman–Crippen LogP) is 6.89. The van der Waals surface area contributed by atoms with Gasteiger partial charge in [-0.25, -0.2) is 13.2 Å². The Kier molecular flexibility index (Phi) is 71.0. The van der Waals surface area contributed by atoms with E-state index in [9.17, 15) is 58.0 Å². The van der Waals surface area contributed by atoms with E-state index < -0.39 is 32.8 Å². The fraction of sp³-hybridized carbons (Fsp3) is 0.867. The molecule has 2 amide bonds. The number of nitrogens with one attached hydrogen (secondary N) is 2. The number of halogens is 11. The van der Waals surface area contributed by atoms with Crippen molar-refractivity contribution in [2.75, 3.05) is 20.5 Å². The van der Waals surface area contributed by atoms with Gasteiger partial charge in [0.2, 0.25) is 25.6 Å². The third-order valence-electron chi connectivity index (χ3n) is 1.12. The van der Waals surface area contributed by atoms with E-state index in [0.717, 1.165) is 6.92 Å². The summed E-state index contributed by atoms with van der Waals surface area (Å²) in [5, 5.41) is 4.81. The topological polar surface area (TPSA) is 67.4 Å². The molecule has 0 aromatic heterocycles. The van der Waals surface area contributed by atoms with Gasteiger partial charge in [-0.1, -0.05) is 36.6 Å². The number of amides is 2. The summed E-state index contributed by atoms with van der Waals surface area (Å²) in [4.78, 5) is 22.7. The van der Waals surface area contributed by atoms with Crippen LogP contribution >= 0.6 is 0 Å². The van der Waals surface area contributed by atoms with E-state index in [-0.39, 0.29) is 48.2 Å². The van der Waals surface area contributed by atoms with Crippen molar-refractivity contribution in [3.8, 4) is 0 Å². The lowest BCUT2D eigenvalue weighted by molar-refractivity contribution is -0.237. The molecule has 0 unspecified atom stereocenters. The summed E-state index contributed by atoms with van der Waals surface area (Å²) < 4.78 is 110. The van der Waals surface area contributed by atoms with Crippen LogP contribution in [0.2, 0.25) is 0 Å². The summed E-state index contributed by atoms with van der Waals surface area (Å²) in [6, 6.07) is 0. The monoisotopic (exact) mass is 500 g/mol. The van der Waals surface area contributed by atoms with Gasteiger partial charge in [-0.2, -0.15) is 18.1 Å². The van der Waals surface area contributed by atoms with Gasteiger partial charge >= 0.3 is 12.6 Å². The van der Waals surface area contributed by atoms with Crippen LogP contribution in [0.1, 0.15) is 56.9 Å². The summed E-state index contributed by atoms with van der Waals surface area (Å²) >= 11 is 0. The Bertz CT molecular complexity index is 308. The van der Waals surface area contributed by atoms with E-state index in [1.807, 2.05) is 0 Å². The molecule has 0 aliphatic rings. The highest BCUT2D eigenvalue weighted by Crippen LogP contribution is 2.17. The molecule has 16 heteroatoms. The molecule has 0 rings (SSSR count). The fourth-order valence-corrected chi connectivity index (χ4v) is 0.293. The molecule has 0 radical (unpaired) electrons.